The van der Waals surface area contributed by atoms with E-state index in [1.165, 1.54) is 22.7 Å². The Balaban J connectivity index is 1.34. The first kappa shape index (κ1) is 21.0. The van der Waals surface area contributed by atoms with Crippen molar-refractivity contribution >= 4 is 17.0 Å². The SMILES string of the molecule is Cc1cc(-c2nnc(-c3ccc(N4CCC(N(C)C)C4)cc3)o2)c(C)n1Cc1cccs1. The lowest BCUT2D eigenvalue weighted by molar-refractivity contribution is 0.315. The molecule has 1 aromatic carbocycles. The van der Waals surface area contributed by atoms with Gasteiger partial charge in [-0.3, -0.25) is 0 Å². The number of hydrogen-bond acceptors (Lipinski definition) is 6. The van der Waals surface area contributed by atoms with Gasteiger partial charge in [-0.1, -0.05) is 6.07 Å². The van der Waals surface area contributed by atoms with Crippen LogP contribution in [0.25, 0.3) is 22.9 Å². The summed E-state index contributed by atoms with van der Waals surface area (Å²) < 4.78 is 8.40. The summed E-state index contributed by atoms with van der Waals surface area (Å²) in [6.45, 7) is 7.26. The monoisotopic (exact) mass is 447 g/mol. The van der Waals surface area contributed by atoms with Crippen molar-refractivity contribution in [2.24, 2.45) is 0 Å². The molecule has 0 amide bonds. The van der Waals surface area contributed by atoms with Crippen LogP contribution in [0.5, 0.6) is 0 Å². The van der Waals surface area contributed by atoms with Crippen LogP contribution in [0.1, 0.15) is 22.7 Å². The van der Waals surface area contributed by atoms with Gasteiger partial charge in [0, 0.05) is 46.6 Å². The minimum Gasteiger partial charge on any atom is -0.416 e. The number of rotatable bonds is 6. The van der Waals surface area contributed by atoms with Crippen molar-refractivity contribution in [3.63, 3.8) is 0 Å². The van der Waals surface area contributed by atoms with E-state index >= 15 is 0 Å². The van der Waals surface area contributed by atoms with Crippen molar-refractivity contribution in [1.82, 2.24) is 19.7 Å². The second-order valence-electron chi connectivity index (χ2n) is 8.76. The summed E-state index contributed by atoms with van der Waals surface area (Å²) in [5.74, 6) is 1.13. The lowest BCUT2D eigenvalue weighted by Gasteiger charge is -2.21. The van der Waals surface area contributed by atoms with Crippen LogP contribution in [0.2, 0.25) is 0 Å². The molecule has 7 heteroatoms. The molecule has 0 bridgehead atoms. The summed E-state index contributed by atoms with van der Waals surface area (Å²) >= 11 is 1.78. The number of aromatic nitrogens is 3. The van der Waals surface area contributed by atoms with Crippen LogP contribution in [-0.4, -0.2) is 52.9 Å². The normalized spacial score (nSPS) is 16.4. The lowest BCUT2D eigenvalue weighted by atomic mass is 10.2. The van der Waals surface area contributed by atoms with Crippen LogP contribution in [0, 0.1) is 13.8 Å². The molecule has 32 heavy (non-hydrogen) atoms. The van der Waals surface area contributed by atoms with Crippen LogP contribution in [0.4, 0.5) is 5.69 Å². The Morgan fingerprint density at radius 2 is 1.88 bits per heavy atom. The zero-order valence-electron chi connectivity index (χ0n) is 19.1. The highest BCUT2D eigenvalue weighted by Crippen LogP contribution is 2.31. The Kier molecular flexibility index (Phi) is 5.61. The van der Waals surface area contributed by atoms with E-state index < -0.39 is 0 Å². The Labute approximate surface area is 193 Å². The predicted molar refractivity (Wildman–Crippen MR) is 130 cm³/mol. The van der Waals surface area contributed by atoms with Gasteiger partial charge in [0.15, 0.2) is 0 Å². The molecule has 0 spiro atoms. The highest BCUT2D eigenvalue weighted by Gasteiger charge is 2.24. The molecule has 0 radical (unpaired) electrons. The van der Waals surface area contributed by atoms with Crippen molar-refractivity contribution in [2.45, 2.75) is 32.9 Å². The van der Waals surface area contributed by atoms with E-state index in [-0.39, 0.29) is 0 Å². The second-order valence-corrected chi connectivity index (χ2v) is 9.79. The van der Waals surface area contributed by atoms with Gasteiger partial charge in [0.25, 0.3) is 0 Å². The van der Waals surface area contributed by atoms with Gasteiger partial charge in [-0.25, -0.2) is 0 Å². The number of thiophene rings is 1. The lowest BCUT2D eigenvalue weighted by Crippen LogP contribution is -2.31. The summed E-state index contributed by atoms with van der Waals surface area (Å²) in [6.07, 6.45) is 1.20. The highest BCUT2D eigenvalue weighted by molar-refractivity contribution is 7.09. The van der Waals surface area contributed by atoms with Crippen molar-refractivity contribution in [2.75, 3.05) is 32.1 Å². The number of nitrogens with zero attached hydrogens (tertiary/aromatic N) is 5. The number of benzene rings is 1. The molecular formula is C25H29N5OS. The van der Waals surface area contributed by atoms with Gasteiger partial charge in [-0.05, 0) is 76.1 Å². The Bertz CT molecular complexity index is 1190. The molecule has 166 valence electrons. The van der Waals surface area contributed by atoms with Gasteiger partial charge in [0.2, 0.25) is 11.8 Å². The molecule has 3 aromatic heterocycles. The van der Waals surface area contributed by atoms with Crippen molar-refractivity contribution in [3.05, 3.63) is 64.1 Å². The second kappa shape index (κ2) is 8.56. The maximum atomic E-state index is 6.10. The minimum absolute atomic E-state index is 0.558. The van der Waals surface area contributed by atoms with E-state index in [4.69, 9.17) is 4.42 Å². The molecule has 4 heterocycles. The van der Waals surface area contributed by atoms with Crippen LogP contribution in [-0.2, 0) is 6.54 Å². The van der Waals surface area contributed by atoms with E-state index in [0.29, 0.717) is 17.8 Å². The average molecular weight is 448 g/mol. The molecule has 0 aliphatic carbocycles. The molecule has 0 saturated carbocycles. The van der Waals surface area contributed by atoms with Crippen LogP contribution in [0.15, 0.2) is 52.3 Å². The van der Waals surface area contributed by atoms with Crippen LogP contribution in [0.3, 0.4) is 0 Å². The molecule has 1 aliphatic rings. The summed E-state index contributed by atoms with van der Waals surface area (Å²) in [6, 6.07) is 15.5. The fourth-order valence-corrected chi connectivity index (χ4v) is 5.17. The molecule has 1 unspecified atom stereocenters. The maximum Gasteiger partial charge on any atom is 0.249 e. The zero-order valence-corrected chi connectivity index (χ0v) is 19.9. The van der Waals surface area contributed by atoms with Crippen LogP contribution >= 0.6 is 11.3 Å². The van der Waals surface area contributed by atoms with Gasteiger partial charge in [-0.15, -0.1) is 21.5 Å². The van der Waals surface area contributed by atoms with E-state index in [0.717, 1.165) is 36.5 Å². The molecule has 1 atom stereocenters. The van der Waals surface area contributed by atoms with Crippen LogP contribution < -0.4 is 4.90 Å². The summed E-state index contributed by atoms with van der Waals surface area (Å²) in [5.41, 5.74) is 5.53. The van der Waals surface area contributed by atoms with E-state index in [1.807, 2.05) is 0 Å². The number of aryl methyl sites for hydroxylation is 1. The van der Waals surface area contributed by atoms with E-state index in [9.17, 15) is 0 Å². The third-order valence-electron chi connectivity index (χ3n) is 6.50. The topological polar surface area (TPSA) is 50.3 Å². The first-order valence-electron chi connectivity index (χ1n) is 11.0. The van der Waals surface area contributed by atoms with Gasteiger partial charge in [0.05, 0.1) is 12.1 Å². The summed E-state index contributed by atoms with van der Waals surface area (Å²) in [7, 11) is 4.31. The number of hydrogen-bond donors (Lipinski definition) is 0. The van der Waals surface area contributed by atoms with Crippen molar-refractivity contribution in [1.29, 1.82) is 0 Å². The maximum absolute atomic E-state index is 6.10. The molecule has 0 N–H and O–H groups in total. The first-order valence-corrected chi connectivity index (χ1v) is 11.9. The Hall–Kier alpha value is -2.90. The van der Waals surface area contributed by atoms with E-state index in [1.54, 1.807) is 11.3 Å². The third-order valence-corrected chi connectivity index (χ3v) is 7.36. The summed E-state index contributed by atoms with van der Waals surface area (Å²) in [4.78, 5) is 6.08. The molecule has 6 nitrogen and oxygen atoms in total. The molecule has 5 rings (SSSR count). The predicted octanol–water partition coefficient (Wildman–Crippen LogP) is 5.07. The molecule has 1 saturated heterocycles. The van der Waals surface area contributed by atoms with Gasteiger partial charge in [-0.2, -0.15) is 0 Å². The van der Waals surface area contributed by atoms with Crippen molar-refractivity contribution in [3.8, 4) is 22.9 Å². The Morgan fingerprint density at radius 3 is 2.56 bits per heavy atom. The van der Waals surface area contributed by atoms with E-state index in [2.05, 4.69) is 100 Å². The third kappa shape index (κ3) is 3.98. The standard InChI is InChI=1S/C25H29N5OS/c1-17-14-23(18(2)30(17)16-22-6-5-13-32-22)25-27-26-24(31-25)19-7-9-20(10-8-19)29-12-11-21(15-29)28(3)4/h5-10,13-14,21H,11-12,15-16H2,1-4H3. The quantitative estimate of drug-likeness (QED) is 0.413. The average Bonchev–Trinajstić information content (AvgIpc) is 3.58. The summed E-state index contributed by atoms with van der Waals surface area (Å²) in [5, 5.41) is 10.8. The molecular weight excluding hydrogens is 418 g/mol. The van der Waals surface area contributed by atoms with Gasteiger partial charge in [0.1, 0.15) is 0 Å². The highest BCUT2D eigenvalue weighted by atomic mass is 32.1. The zero-order chi connectivity index (χ0) is 22.2. The van der Waals surface area contributed by atoms with Gasteiger partial charge < -0.3 is 18.8 Å². The molecule has 1 fully saturated rings. The fraction of sp³-hybridized carbons (Fsp3) is 0.360. The van der Waals surface area contributed by atoms with Gasteiger partial charge >= 0.3 is 0 Å². The number of anilines is 1. The van der Waals surface area contributed by atoms with Crippen molar-refractivity contribution < 1.29 is 4.42 Å². The number of likely N-dealkylation sites (N-methyl/N-ethyl adjacent to an activating group) is 1. The largest absolute Gasteiger partial charge is 0.416 e. The minimum atomic E-state index is 0.558. The Morgan fingerprint density at radius 1 is 1.09 bits per heavy atom. The molecule has 1 aliphatic heterocycles. The first-order chi connectivity index (χ1) is 15.5. The molecule has 4 aromatic rings. The fourth-order valence-electron chi connectivity index (χ4n) is 4.48. The smallest absolute Gasteiger partial charge is 0.249 e.